The molecular formula is C21H21NO6. The Kier molecular flexibility index (Phi) is 5.93. The monoisotopic (exact) mass is 383 g/mol. The molecule has 7 heteroatoms. The standard InChI is InChI=1S/C21H21NO6/c1-27-20(25)18(10-11-19(23)24)22-21(26)28-12-17-15-8-4-2-6-13(15)14-7-3-5-9-16(14)17/h2-9,17-18H,10-12H2,1H3,(H,22,26)(H,23,24)/t18-/m0/s1. The van der Waals surface area contributed by atoms with Crippen molar-refractivity contribution >= 4 is 18.0 Å². The van der Waals surface area contributed by atoms with Crippen LogP contribution in [0, 0.1) is 0 Å². The van der Waals surface area contributed by atoms with Gasteiger partial charge < -0.3 is 19.9 Å². The number of methoxy groups -OCH3 is 1. The fraction of sp³-hybridized carbons (Fsp3) is 0.286. The number of benzene rings is 2. The Morgan fingerprint density at radius 1 is 1.04 bits per heavy atom. The zero-order valence-electron chi connectivity index (χ0n) is 15.4. The number of carboxylic acids is 1. The molecule has 0 radical (unpaired) electrons. The molecule has 0 aliphatic heterocycles. The van der Waals surface area contributed by atoms with Crippen LogP contribution in [0.25, 0.3) is 11.1 Å². The van der Waals surface area contributed by atoms with Gasteiger partial charge in [-0.1, -0.05) is 48.5 Å². The highest BCUT2D eigenvalue weighted by Crippen LogP contribution is 2.44. The summed E-state index contributed by atoms with van der Waals surface area (Å²) in [5, 5.41) is 11.2. The number of carbonyl (C=O) groups excluding carboxylic acids is 2. The summed E-state index contributed by atoms with van der Waals surface area (Å²) in [6.45, 7) is 0.104. The number of hydrogen-bond donors (Lipinski definition) is 2. The minimum Gasteiger partial charge on any atom is -0.481 e. The maximum Gasteiger partial charge on any atom is 0.407 e. The first-order valence-electron chi connectivity index (χ1n) is 8.92. The molecule has 1 aliphatic carbocycles. The van der Waals surface area contributed by atoms with Crippen molar-refractivity contribution < 1.29 is 29.0 Å². The molecule has 0 bridgehead atoms. The Balaban J connectivity index is 1.67. The van der Waals surface area contributed by atoms with Gasteiger partial charge in [0.1, 0.15) is 12.6 Å². The summed E-state index contributed by atoms with van der Waals surface area (Å²) in [6.07, 6.45) is -1.14. The molecule has 2 N–H and O–H groups in total. The van der Waals surface area contributed by atoms with Gasteiger partial charge in [-0.15, -0.1) is 0 Å². The highest BCUT2D eigenvalue weighted by molar-refractivity contribution is 5.82. The Hall–Kier alpha value is -3.35. The molecule has 0 heterocycles. The zero-order chi connectivity index (χ0) is 20.1. The largest absolute Gasteiger partial charge is 0.481 e. The summed E-state index contributed by atoms with van der Waals surface area (Å²) in [5.74, 6) is -1.88. The van der Waals surface area contributed by atoms with Crippen LogP contribution >= 0.6 is 0 Å². The van der Waals surface area contributed by atoms with E-state index in [9.17, 15) is 14.4 Å². The summed E-state index contributed by atoms with van der Waals surface area (Å²) in [6, 6.07) is 14.8. The SMILES string of the molecule is COC(=O)[C@H](CCC(=O)O)NC(=O)OCC1c2ccccc2-c2ccccc21. The predicted molar refractivity (Wildman–Crippen MR) is 101 cm³/mol. The number of carboxylic acid groups (broad SMARTS) is 1. The normalized spacial score (nSPS) is 13.2. The number of aliphatic carboxylic acids is 1. The van der Waals surface area contributed by atoms with Gasteiger partial charge in [0.05, 0.1) is 7.11 Å². The highest BCUT2D eigenvalue weighted by Gasteiger charge is 2.30. The van der Waals surface area contributed by atoms with Crippen molar-refractivity contribution in [1.29, 1.82) is 0 Å². The van der Waals surface area contributed by atoms with Gasteiger partial charge in [0.15, 0.2) is 0 Å². The molecule has 0 fully saturated rings. The van der Waals surface area contributed by atoms with Crippen LogP contribution in [0.1, 0.15) is 29.9 Å². The third-order valence-electron chi connectivity index (χ3n) is 4.77. The summed E-state index contributed by atoms with van der Waals surface area (Å²) >= 11 is 0. The lowest BCUT2D eigenvalue weighted by atomic mass is 9.98. The molecule has 0 saturated carbocycles. The van der Waals surface area contributed by atoms with Gasteiger partial charge in [0.2, 0.25) is 0 Å². The minimum atomic E-state index is -1.07. The molecule has 0 spiro atoms. The van der Waals surface area contributed by atoms with Gasteiger partial charge >= 0.3 is 18.0 Å². The molecule has 28 heavy (non-hydrogen) atoms. The zero-order valence-corrected chi connectivity index (χ0v) is 15.4. The quantitative estimate of drug-likeness (QED) is 0.713. The lowest BCUT2D eigenvalue weighted by molar-refractivity contribution is -0.143. The van der Waals surface area contributed by atoms with Gasteiger partial charge in [-0.05, 0) is 28.7 Å². The third-order valence-corrected chi connectivity index (χ3v) is 4.77. The van der Waals surface area contributed by atoms with Crippen molar-refractivity contribution in [2.45, 2.75) is 24.8 Å². The van der Waals surface area contributed by atoms with E-state index in [1.807, 2.05) is 48.5 Å². The summed E-state index contributed by atoms with van der Waals surface area (Å²) in [7, 11) is 1.18. The second-order valence-corrected chi connectivity index (χ2v) is 6.48. The van der Waals surface area contributed by atoms with Gasteiger partial charge in [0.25, 0.3) is 0 Å². The van der Waals surface area contributed by atoms with E-state index in [0.29, 0.717) is 0 Å². The van der Waals surface area contributed by atoms with E-state index >= 15 is 0 Å². The fourth-order valence-corrected chi connectivity index (χ4v) is 3.44. The van der Waals surface area contributed by atoms with Gasteiger partial charge in [0, 0.05) is 12.3 Å². The Labute approximate surface area is 162 Å². The Morgan fingerprint density at radius 2 is 1.61 bits per heavy atom. The predicted octanol–water partition coefficient (Wildman–Crippen LogP) is 2.93. The van der Waals surface area contributed by atoms with Crippen LogP contribution in [-0.4, -0.2) is 42.9 Å². The van der Waals surface area contributed by atoms with Crippen LogP contribution in [0.2, 0.25) is 0 Å². The molecule has 0 unspecified atom stereocenters. The third kappa shape index (κ3) is 4.14. The minimum absolute atomic E-state index is 0.0772. The molecule has 0 saturated heterocycles. The second-order valence-electron chi connectivity index (χ2n) is 6.48. The number of fused-ring (bicyclic) bond motifs is 3. The second kappa shape index (κ2) is 8.56. The number of rotatable bonds is 7. The first-order chi connectivity index (χ1) is 13.5. The average molecular weight is 383 g/mol. The number of alkyl carbamates (subject to hydrolysis) is 1. The Morgan fingerprint density at radius 3 is 2.14 bits per heavy atom. The van der Waals surface area contributed by atoms with Crippen molar-refractivity contribution in [1.82, 2.24) is 5.32 Å². The maximum atomic E-state index is 12.2. The molecule has 1 aliphatic rings. The Bertz CT molecular complexity index is 848. The topological polar surface area (TPSA) is 102 Å². The number of amides is 1. The van der Waals surface area contributed by atoms with Crippen molar-refractivity contribution in [2.24, 2.45) is 0 Å². The molecule has 0 aromatic heterocycles. The van der Waals surface area contributed by atoms with Gasteiger partial charge in [-0.25, -0.2) is 9.59 Å². The molecule has 3 rings (SSSR count). The molecule has 1 atom stereocenters. The van der Waals surface area contributed by atoms with E-state index < -0.39 is 24.1 Å². The summed E-state index contributed by atoms with van der Waals surface area (Å²) < 4.78 is 9.98. The summed E-state index contributed by atoms with van der Waals surface area (Å²) in [4.78, 5) is 34.7. The lowest BCUT2D eigenvalue weighted by Crippen LogP contribution is -2.42. The first kappa shape index (κ1) is 19.4. The molecular weight excluding hydrogens is 362 g/mol. The maximum absolute atomic E-state index is 12.2. The van der Waals surface area contributed by atoms with Gasteiger partial charge in [-0.3, -0.25) is 4.79 Å². The number of ether oxygens (including phenoxy) is 2. The van der Waals surface area contributed by atoms with E-state index in [0.717, 1.165) is 22.3 Å². The number of hydrogen-bond acceptors (Lipinski definition) is 5. The first-order valence-corrected chi connectivity index (χ1v) is 8.92. The number of esters is 1. The van der Waals surface area contributed by atoms with Crippen molar-refractivity contribution in [3.63, 3.8) is 0 Å². The summed E-state index contributed by atoms with van der Waals surface area (Å²) in [5.41, 5.74) is 4.38. The van der Waals surface area contributed by atoms with Crippen LogP contribution < -0.4 is 5.32 Å². The van der Waals surface area contributed by atoms with Crippen LogP contribution in [0.15, 0.2) is 48.5 Å². The van der Waals surface area contributed by atoms with Crippen molar-refractivity contribution in [2.75, 3.05) is 13.7 Å². The molecule has 2 aromatic carbocycles. The van der Waals surface area contributed by atoms with E-state index in [4.69, 9.17) is 9.84 Å². The molecule has 2 aromatic rings. The molecule has 7 nitrogen and oxygen atoms in total. The van der Waals surface area contributed by atoms with Crippen LogP contribution in [0.4, 0.5) is 4.79 Å². The smallest absolute Gasteiger partial charge is 0.407 e. The van der Waals surface area contributed by atoms with E-state index in [-0.39, 0.29) is 25.4 Å². The number of nitrogens with one attached hydrogen (secondary N) is 1. The van der Waals surface area contributed by atoms with Crippen LogP contribution in [0.3, 0.4) is 0 Å². The van der Waals surface area contributed by atoms with Crippen molar-refractivity contribution in [3.05, 3.63) is 59.7 Å². The molecule has 1 amide bonds. The van der Waals surface area contributed by atoms with E-state index in [2.05, 4.69) is 10.1 Å². The lowest BCUT2D eigenvalue weighted by Gasteiger charge is -2.18. The van der Waals surface area contributed by atoms with Gasteiger partial charge in [-0.2, -0.15) is 0 Å². The fourth-order valence-electron chi connectivity index (χ4n) is 3.44. The average Bonchev–Trinajstić information content (AvgIpc) is 3.02. The van der Waals surface area contributed by atoms with Crippen LogP contribution in [-0.2, 0) is 19.1 Å². The van der Waals surface area contributed by atoms with Crippen LogP contribution in [0.5, 0.6) is 0 Å². The highest BCUT2D eigenvalue weighted by atomic mass is 16.6. The number of carbonyl (C=O) groups is 3. The van der Waals surface area contributed by atoms with E-state index in [1.165, 1.54) is 7.11 Å². The van der Waals surface area contributed by atoms with E-state index in [1.54, 1.807) is 0 Å². The van der Waals surface area contributed by atoms with Crippen molar-refractivity contribution in [3.8, 4) is 11.1 Å². The molecule has 146 valence electrons.